The molecular formula is C15H25NO4S. The second kappa shape index (κ2) is 8.48. The van der Waals surface area contributed by atoms with E-state index in [1.807, 2.05) is 45.0 Å². The highest BCUT2D eigenvalue weighted by Crippen LogP contribution is 2.17. The van der Waals surface area contributed by atoms with E-state index in [0.717, 1.165) is 11.1 Å². The van der Waals surface area contributed by atoms with Gasteiger partial charge >= 0.3 is 0 Å². The lowest BCUT2D eigenvalue weighted by Gasteiger charge is -2.19. The molecule has 0 spiro atoms. The van der Waals surface area contributed by atoms with Gasteiger partial charge in [-0.15, -0.1) is 0 Å². The van der Waals surface area contributed by atoms with Crippen LogP contribution in [0, 0.1) is 12.8 Å². The maximum absolute atomic E-state index is 11.9. The SMILES string of the molecule is Cc1ccc(C(CNS(=O)(=O)CC(C)C)OCCO)cc1. The number of aryl methyl sites for hydroxylation is 1. The van der Waals surface area contributed by atoms with E-state index in [2.05, 4.69) is 4.72 Å². The minimum absolute atomic E-state index is 0.0682. The van der Waals surface area contributed by atoms with Crippen LogP contribution in [0.2, 0.25) is 0 Å². The van der Waals surface area contributed by atoms with Crippen molar-refractivity contribution in [3.8, 4) is 0 Å². The Bertz CT molecular complexity index is 511. The Labute approximate surface area is 127 Å². The van der Waals surface area contributed by atoms with Crippen molar-refractivity contribution in [3.05, 3.63) is 35.4 Å². The average Bonchev–Trinajstić information content (AvgIpc) is 2.39. The van der Waals surface area contributed by atoms with Crippen molar-refractivity contribution in [2.75, 3.05) is 25.5 Å². The first kappa shape index (κ1) is 18.1. The zero-order chi connectivity index (χ0) is 15.9. The number of aliphatic hydroxyl groups excluding tert-OH is 1. The van der Waals surface area contributed by atoms with E-state index in [1.165, 1.54) is 0 Å². The maximum Gasteiger partial charge on any atom is 0.211 e. The van der Waals surface area contributed by atoms with Gasteiger partial charge in [0.15, 0.2) is 0 Å². The van der Waals surface area contributed by atoms with E-state index in [0.29, 0.717) is 0 Å². The second-order valence-electron chi connectivity index (χ2n) is 5.52. The fraction of sp³-hybridized carbons (Fsp3) is 0.600. The first-order chi connectivity index (χ1) is 9.84. The van der Waals surface area contributed by atoms with Crippen LogP contribution in [-0.4, -0.2) is 39.0 Å². The van der Waals surface area contributed by atoms with E-state index < -0.39 is 16.1 Å². The molecule has 21 heavy (non-hydrogen) atoms. The fourth-order valence-electron chi connectivity index (χ4n) is 1.95. The Morgan fingerprint density at radius 3 is 2.38 bits per heavy atom. The molecule has 1 atom stereocenters. The summed E-state index contributed by atoms with van der Waals surface area (Å²) in [5.41, 5.74) is 2.02. The highest BCUT2D eigenvalue weighted by molar-refractivity contribution is 7.89. The molecule has 2 N–H and O–H groups in total. The monoisotopic (exact) mass is 315 g/mol. The maximum atomic E-state index is 11.9. The topological polar surface area (TPSA) is 75.6 Å². The molecule has 1 rings (SSSR count). The van der Waals surface area contributed by atoms with Gasteiger partial charge in [0.2, 0.25) is 10.0 Å². The number of nitrogens with one attached hydrogen (secondary N) is 1. The van der Waals surface area contributed by atoms with Crippen molar-refractivity contribution >= 4 is 10.0 Å². The Hall–Kier alpha value is -0.950. The molecule has 5 nitrogen and oxygen atoms in total. The van der Waals surface area contributed by atoms with Crippen LogP contribution in [0.15, 0.2) is 24.3 Å². The second-order valence-corrected chi connectivity index (χ2v) is 7.37. The molecule has 0 radical (unpaired) electrons. The summed E-state index contributed by atoms with van der Waals surface area (Å²) in [7, 11) is -3.31. The van der Waals surface area contributed by atoms with Crippen molar-refractivity contribution in [1.82, 2.24) is 4.72 Å². The predicted octanol–water partition coefficient (Wildman–Crippen LogP) is 1.62. The van der Waals surface area contributed by atoms with Gasteiger partial charge in [-0.1, -0.05) is 43.7 Å². The number of hydrogen-bond donors (Lipinski definition) is 2. The van der Waals surface area contributed by atoms with Crippen LogP contribution >= 0.6 is 0 Å². The van der Waals surface area contributed by atoms with Gasteiger partial charge in [-0.2, -0.15) is 0 Å². The van der Waals surface area contributed by atoms with Crippen molar-refractivity contribution < 1.29 is 18.3 Å². The Morgan fingerprint density at radius 2 is 1.86 bits per heavy atom. The van der Waals surface area contributed by atoms with Crippen LogP contribution in [-0.2, 0) is 14.8 Å². The van der Waals surface area contributed by atoms with E-state index >= 15 is 0 Å². The molecular weight excluding hydrogens is 290 g/mol. The summed E-state index contributed by atoms with van der Waals surface area (Å²) in [6.07, 6.45) is -0.403. The minimum atomic E-state index is -3.31. The lowest BCUT2D eigenvalue weighted by Crippen LogP contribution is -2.33. The summed E-state index contributed by atoms with van der Waals surface area (Å²) in [5.74, 6) is 0.159. The van der Waals surface area contributed by atoms with Gasteiger partial charge < -0.3 is 9.84 Å². The number of hydrogen-bond acceptors (Lipinski definition) is 4. The molecule has 0 saturated carbocycles. The average molecular weight is 315 g/mol. The minimum Gasteiger partial charge on any atom is -0.394 e. The number of sulfonamides is 1. The van der Waals surface area contributed by atoms with Gasteiger partial charge in [-0.3, -0.25) is 0 Å². The van der Waals surface area contributed by atoms with Crippen LogP contribution in [0.1, 0.15) is 31.1 Å². The number of ether oxygens (including phenoxy) is 1. The zero-order valence-electron chi connectivity index (χ0n) is 12.9. The Balaban J connectivity index is 2.72. The van der Waals surface area contributed by atoms with Gasteiger partial charge in [-0.25, -0.2) is 13.1 Å². The Morgan fingerprint density at radius 1 is 1.24 bits per heavy atom. The molecule has 1 unspecified atom stereocenters. The zero-order valence-corrected chi connectivity index (χ0v) is 13.7. The fourth-order valence-corrected chi connectivity index (χ4v) is 3.35. The lowest BCUT2D eigenvalue weighted by atomic mass is 10.1. The molecule has 0 bridgehead atoms. The van der Waals surface area contributed by atoms with Crippen molar-refractivity contribution in [3.63, 3.8) is 0 Å². The first-order valence-electron chi connectivity index (χ1n) is 7.10. The first-order valence-corrected chi connectivity index (χ1v) is 8.75. The van der Waals surface area contributed by atoms with Gasteiger partial charge in [-0.05, 0) is 18.4 Å². The summed E-state index contributed by atoms with van der Waals surface area (Å²) < 4.78 is 31.9. The van der Waals surface area contributed by atoms with E-state index in [-0.39, 0.29) is 31.4 Å². The number of rotatable bonds is 9. The van der Waals surface area contributed by atoms with E-state index in [4.69, 9.17) is 9.84 Å². The van der Waals surface area contributed by atoms with Crippen LogP contribution in [0.4, 0.5) is 0 Å². The molecule has 1 aromatic rings. The molecule has 0 aromatic heterocycles. The molecule has 0 aliphatic rings. The summed E-state index contributed by atoms with van der Waals surface area (Å²) in [5, 5.41) is 8.89. The smallest absolute Gasteiger partial charge is 0.211 e. The molecule has 0 amide bonds. The van der Waals surface area contributed by atoms with Crippen molar-refractivity contribution in [2.45, 2.75) is 26.9 Å². The predicted molar refractivity (Wildman–Crippen MR) is 83.6 cm³/mol. The van der Waals surface area contributed by atoms with Crippen molar-refractivity contribution in [2.24, 2.45) is 5.92 Å². The quantitative estimate of drug-likeness (QED) is 0.726. The van der Waals surface area contributed by atoms with Gasteiger partial charge in [0.25, 0.3) is 0 Å². The van der Waals surface area contributed by atoms with E-state index in [1.54, 1.807) is 0 Å². The standard InChI is InChI=1S/C15H25NO4S/c1-12(2)11-21(18,19)16-10-15(20-9-8-17)14-6-4-13(3)5-7-14/h4-7,12,15-17H,8-11H2,1-3H3. The molecule has 0 heterocycles. The molecule has 0 saturated heterocycles. The molecule has 120 valence electrons. The lowest BCUT2D eigenvalue weighted by molar-refractivity contribution is 0.0309. The summed E-state index contributed by atoms with van der Waals surface area (Å²) in [6, 6.07) is 7.72. The molecule has 0 aliphatic carbocycles. The number of aliphatic hydroxyl groups is 1. The number of benzene rings is 1. The highest BCUT2D eigenvalue weighted by atomic mass is 32.2. The normalized spacial score (nSPS) is 13.6. The van der Waals surface area contributed by atoms with Crippen LogP contribution in [0.3, 0.4) is 0 Å². The Kier molecular flexibility index (Phi) is 7.31. The van der Waals surface area contributed by atoms with Gasteiger partial charge in [0.05, 0.1) is 25.1 Å². The van der Waals surface area contributed by atoms with Crippen LogP contribution < -0.4 is 4.72 Å². The highest BCUT2D eigenvalue weighted by Gasteiger charge is 2.17. The summed E-state index contributed by atoms with van der Waals surface area (Å²) in [6.45, 7) is 5.94. The van der Waals surface area contributed by atoms with Gasteiger partial charge in [0, 0.05) is 6.54 Å². The summed E-state index contributed by atoms with van der Waals surface area (Å²) in [4.78, 5) is 0. The van der Waals surface area contributed by atoms with Gasteiger partial charge in [0.1, 0.15) is 0 Å². The molecule has 0 fully saturated rings. The van der Waals surface area contributed by atoms with Crippen LogP contribution in [0.25, 0.3) is 0 Å². The third-order valence-corrected chi connectivity index (χ3v) is 4.61. The molecule has 0 aliphatic heterocycles. The third-order valence-electron chi connectivity index (χ3n) is 2.90. The molecule has 6 heteroatoms. The van der Waals surface area contributed by atoms with E-state index in [9.17, 15) is 8.42 Å². The molecule has 1 aromatic carbocycles. The largest absolute Gasteiger partial charge is 0.394 e. The summed E-state index contributed by atoms with van der Waals surface area (Å²) >= 11 is 0. The van der Waals surface area contributed by atoms with Crippen molar-refractivity contribution in [1.29, 1.82) is 0 Å². The third kappa shape index (κ3) is 7.04. The van der Waals surface area contributed by atoms with Crippen LogP contribution in [0.5, 0.6) is 0 Å².